The number of nitrogens with one attached hydrogen (secondary N) is 2. The Kier molecular flexibility index (Phi) is 7.14. The Bertz CT molecular complexity index is 957. The molecule has 5 nitrogen and oxygen atoms in total. The van der Waals surface area contributed by atoms with Crippen LogP contribution in [0, 0.1) is 6.92 Å². The minimum atomic E-state index is -0.225. The van der Waals surface area contributed by atoms with Crippen molar-refractivity contribution < 1.29 is 14.3 Å². The topological polar surface area (TPSA) is 59.6 Å². The van der Waals surface area contributed by atoms with E-state index in [1.54, 1.807) is 7.11 Å². The number of rotatable bonds is 8. The van der Waals surface area contributed by atoms with Crippen LogP contribution in [0.25, 0.3) is 0 Å². The lowest BCUT2D eigenvalue weighted by molar-refractivity contribution is -0.118. The Labute approximate surface area is 179 Å². The zero-order valence-electron chi connectivity index (χ0n) is 16.4. The molecule has 3 rings (SSSR count). The van der Waals surface area contributed by atoms with Crippen molar-refractivity contribution in [3.05, 3.63) is 82.3 Å². The third-order valence-electron chi connectivity index (χ3n) is 4.26. The quantitative estimate of drug-likeness (QED) is 0.478. The van der Waals surface area contributed by atoms with Crippen molar-refractivity contribution in [2.75, 3.05) is 24.4 Å². The molecule has 0 saturated heterocycles. The van der Waals surface area contributed by atoms with Gasteiger partial charge in [-0.15, -0.1) is 0 Å². The highest BCUT2D eigenvalue weighted by atomic mass is 79.9. The van der Waals surface area contributed by atoms with E-state index in [0.29, 0.717) is 18.0 Å². The number of carbonyl (C=O) groups is 1. The molecular formula is C23H23BrN2O3. The summed E-state index contributed by atoms with van der Waals surface area (Å²) in [5.41, 5.74) is 3.95. The summed E-state index contributed by atoms with van der Waals surface area (Å²) < 4.78 is 12.1. The summed E-state index contributed by atoms with van der Waals surface area (Å²) >= 11 is 3.43. The first kappa shape index (κ1) is 20.7. The Balaban J connectivity index is 1.55. The van der Waals surface area contributed by atoms with Crippen molar-refractivity contribution in [3.8, 4) is 11.5 Å². The number of hydrogen-bond donors (Lipinski definition) is 2. The van der Waals surface area contributed by atoms with Crippen LogP contribution in [0.5, 0.6) is 11.5 Å². The molecule has 0 saturated carbocycles. The average molecular weight is 455 g/mol. The predicted octanol–water partition coefficient (Wildman–Crippen LogP) is 5.40. The van der Waals surface area contributed by atoms with E-state index >= 15 is 0 Å². The second-order valence-electron chi connectivity index (χ2n) is 6.55. The van der Waals surface area contributed by atoms with Gasteiger partial charge in [-0.1, -0.05) is 39.7 Å². The summed E-state index contributed by atoms with van der Waals surface area (Å²) in [5.74, 6) is 0.888. The van der Waals surface area contributed by atoms with Gasteiger partial charge in [-0.25, -0.2) is 0 Å². The van der Waals surface area contributed by atoms with Crippen molar-refractivity contribution >= 4 is 33.2 Å². The molecule has 29 heavy (non-hydrogen) atoms. The maximum Gasteiger partial charge on any atom is 0.262 e. The maximum absolute atomic E-state index is 12.1. The summed E-state index contributed by atoms with van der Waals surface area (Å²) in [6, 6.07) is 21.3. The summed E-state index contributed by atoms with van der Waals surface area (Å²) in [5, 5.41) is 6.17. The molecule has 0 aliphatic carbocycles. The van der Waals surface area contributed by atoms with Crippen LogP contribution in [0.4, 0.5) is 11.4 Å². The first-order valence-corrected chi connectivity index (χ1v) is 9.98. The van der Waals surface area contributed by atoms with Crippen molar-refractivity contribution in [2.45, 2.75) is 13.5 Å². The molecule has 0 heterocycles. The van der Waals surface area contributed by atoms with Crippen molar-refractivity contribution in [2.24, 2.45) is 0 Å². The molecule has 0 fully saturated rings. The van der Waals surface area contributed by atoms with Crippen LogP contribution in [-0.2, 0) is 11.3 Å². The van der Waals surface area contributed by atoms with Crippen molar-refractivity contribution in [1.82, 2.24) is 0 Å². The molecule has 2 N–H and O–H groups in total. The van der Waals surface area contributed by atoms with Gasteiger partial charge in [0.25, 0.3) is 5.91 Å². The Morgan fingerprint density at radius 2 is 1.62 bits per heavy atom. The zero-order chi connectivity index (χ0) is 20.6. The average Bonchev–Trinajstić information content (AvgIpc) is 2.73. The number of anilines is 2. The van der Waals surface area contributed by atoms with E-state index in [1.165, 1.54) is 0 Å². The molecule has 0 aliphatic heterocycles. The Hall–Kier alpha value is -2.99. The highest BCUT2D eigenvalue weighted by Crippen LogP contribution is 2.28. The van der Waals surface area contributed by atoms with Crippen LogP contribution in [0.2, 0.25) is 0 Å². The monoisotopic (exact) mass is 454 g/mol. The molecule has 0 unspecified atom stereocenters. The fraction of sp³-hybridized carbons (Fsp3) is 0.174. The van der Waals surface area contributed by atoms with Gasteiger partial charge < -0.3 is 20.1 Å². The van der Waals surface area contributed by atoms with Crippen LogP contribution in [0.3, 0.4) is 0 Å². The van der Waals surface area contributed by atoms with Gasteiger partial charge in [0.15, 0.2) is 18.1 Å². The van der Waals surface area contributed by atoms with Gasteiger partial charge in [-0.05, 0) is 61.0 Å². The van der Waals surface area contributed by atoms with E-state index < -0.39 is 0 Å². The van der Waals surface area contributed by atoms with Crippen molar-refractivity contribution in [1.29, 1.82) is 0 Å². The van der Waals surface area contributed by atoms with Gasteiger partial charge in [-0.2, -0.15) is 0 Å². The van der Waals surface area contributed by atoms with Crippen LogP contribution in [0.15, 0.2) is 71.2 Å². The molecule has 150 valence electrons. The lowest BCUT2D eigenvalue weighted by atomic mass is 10.2. The van der Waals surface area contributed by atoms with Crippen molar-refractivity contribution in [3.63, 3.8) is 0 Å². The zero-order valence-corrected chi connectivity index (χ0v) is 18.0. The first-order chi connectivity index (χ1) is 14.0. The number of benzene rings is 3. The number of amides is 1. The van der Waals surface area contributed by atoms with E-state index in [1.807, 2.05) is 73.7 Å². The summed E-state index contributed by atoms with van der Waals surface area (Å²) in [7, 11) is 1.58. The third-order valence-corrected chi connectivity index (χ3v) is 4.79. The standard InChI is InChI=1S/C23H23BrN2O3/c1-16-3-8-20(9-4-16)26-23(27)15-29-21-12-5-17(13-22(21)28-2)14-25-19-10-6-18(24)7-11-19/h3-13,25H,14-15H2,1-2H3,(H,26,27). The summed E-state index contributed by atoms with van der Waals surface area (Å²) in [6.07, 6.45) is 0. The first-order valence-electron chi connectivity index (χ1n) is 9.19. The molecule has 0 bridgehead atoms. The molecule has 6 heteroatoms. The molecule has 0 spiro atoms. The highest BCUT2D eigenvalue weighted by molar-refractivity contribution is 9.10. The van der Waals surface area contributed by atoms with E-state index in [9.17, 15) is 4.79 Å². The van der Waals surface area contributed by atoms with Gasteiger partial charge in [0, 0.05) is 22.4 Å². The lowest BCUT2D eigenvalue weighted by Gasteiger charge is -2.13. The normalized spacial score (nSPS) is 10.3. The molecule has 3 aromatic rings. The van der Waals surface area contributed by atoms with Gasteiger partial charge in [-0.3, -0.25) is 4.79 Å². The predicted molar refractivity (Wildman–Crippen MR) is 120 cm³/mol. The number of halogens is 1. The van der Waals surface area contributed by atoms with Crippen LogP contribution >= 0.6 is 15.9 Å². The van der Waals surface area contributed by atoms with Gasteiger partial charge in [0.1, 0.15) is 0 Å². The minimum absolute atomic E-state index is 0.0965. The number of carbonyl (C=O) groups excluding carboxylic acids is 1. The number of methoxy groups -OCH3 is 1. The maximum atomic E-state index is 12.1. The van der Waals surface area contributed by atoms with Gasteiger partial charge >= 0.3 is 0 Å². The van der Waals surface area contributed by atoms with E-state index in [2.05, 4.69) is 26.6 Å². The fourth-order valence-electron chi connectivity index (χ4n) is 2.69. The molecular weight excluding hydrogens is 432 g/mol. The number of aryl methyl sites for hydroxylation is 1. The van der Waals surface area contributed by atoms with Crippen LogP contribution in [0.1, 0.15) is 11.1 Å². The Morgan fingerprint density at radius 1 is 0.931 bits per heavy atom. The number of ether oxygens (including phenoxy) is 2. The fourth-order valence-corrected chi connectivity index (χ4v) is 2.95. The molecule has 0 aromatic heterocycles. The SMILES string of the molecule is COc1cc(CNc2ccc(Br)cc2)ccc1OCC(=O)Nc1ccc(C)cc1. The molecule has 1 amide bonds. The minimum Gasteiger partial charge on any atom is -0.493 e. The third kappa shape index (κ3) is 6.26. The Morgan fingerprint density at radius 3 is 2.31 bits per heavy atom. The molecule has 0 atom stereocenters. The molecule has 0 aliphatic rings. The highest BCUT2D eigenvalue weighted by Gasteiger charge is 2.09. The van der Waals surface area contributed by atoms with Crippen LogP contribution < -0.4 is 20.1 Å². The lowest BCUT2D eigenvalue weighted by Crippen LogP contribution is -2.20. The summed E-state index contributed by atoms with van der Waals surface area (Å²) in [6.45, 7) is 2.55. The summed E-state index contributed by atoms with van der Waals surface area (Å²) in [4.78, 5) is 12.1. The second kappa shape index (κ2) is 9.98. The smallest absolute Gasteiger partial charge is 0.262 e. The molecule has 0 radical (unpaired) electrons. The van der Waals surface area contributed by atoms with Crippen LogP contribution in [-0.4, -0.2) is 19.6 Å². The number of hydrogen-bond acceptors (Lipinski definition) is 4. The largest absolute Gasteiger partial charge is 0.493 e. The molecule has 3 aromatic carbocycles. The van der Waals surface area contributed by atoms with E-state index in [-0.39, 0.29) is 12.5 Å². The van der Waals surface area contributed by atoms with E-state index in [0.717, 1.165) is 27.0 Å². The van der Waals surface area contributed by atoms with Gasteiger partial charge in [0.2, 0.25) is 0 Å². The van der Waals surface area contributed by atoms with E-state index in [4.69, 9.17) is 9.47 Å². The second-order valence-corrected chi connectivity index (χ2v) is 7.46. The van der Waals surface area contributed by atoms with Gasteiger partial charge in [0.05, 0.1) is 7.11 Å².